The van der Waals surface area contributed by atoms with Crippen molar-refractivity contribution in [1.82, 2.24) is 9.80 Å². The summed E-state index contributed by atoms with van der Waals surface area (Å²) >= 11 is 0. The summed E-state index contributed by atoms with van der Waals surface area (Å²) in [5.41, 5.74) is 7.02. The highest BCUT2D eigenvalue weighted by atomic mass is 16.2. The Balaban J connectivity index is 2.49. The lowest BCUT2D eigenvalue weighted by Gasteiger charge is -2.35. The normalized spacial score (nSPS) is 24.9. The fourth-order valence-electron chi connectivity index (χ4n) is 2.64. The largest absolute Gasteiger partial charge is 0.338 e. The van der Waals surface area contributed by atoms with E-state index in [0.717, 1.165) is 31.6 Å². The zero-order chi connectivity index (χ0) is 13.7. The Hall–Kier alpha value is -0.870. The molecule has 0 saturated carbocycles. The van der Waals surface area contributed by atoms with Gasteiger partial charge in [-0.1, -0.05) is 19.1 Å². The Morgan fingerprint density at radius 1 is 1.50 bits per heavy atom. The molecular weight excluding hydrogens is 226 g/mol. The van der Waals surface area contributed by atoms with Crippen LogP contribution in [0, 0.1) is 5.92 Å². The van der Waals surface area contributed by atoms with Crippen LogP contribution in [0.5, 0.6) is 0 Å². The second kappa shape index (κ2) is 6.90. The summed E-state index contributed by atoms with van der Waals surface area (Å²) in [4.78, 5) is 16.2. The van der Waals surface area contributed by atoms with Gasteiger partial charge in [-0.25, -0.2) is 0 Å². The molecule has 1 rings (SSSR count). The van der Waals surface area contributed by atoms with Crippen LogP contribution >= 0.6 is 0 Å². The van der Waals surface area contributed by atoms with Gasteiger partial charge < -0.3 is 10.6 Å². The topological polar surface area (TPSA) is 49.6 Å². The van der Waals surface area contributed by atoms with E-state index in [0.29, 0.717) is 19.0 Å². The van der Waals surface area contributed by atoms with Crippen LogP contribution in [0.15, 0.2) is 12.2 Å². The van der Waals surface area contributed by atoms with Crippen molar-refractivity contribution >= 4 is 5.91 Å². The van der Waals surface area contributed by atoms with E-state index in [2.05, 4.69) is 18.4 Å². The molecule has 0 aromatic rings. The zero-order valence-corrected chi connectivity index (χ0v) is 12.0. The smallest absolute Gasteiger partial charge is 0.237 e. The molecule has 1 amide bonds. The zero-order valence-electron chi connectivity index (χ0n) is 12.0. The van der Waals surface area contributed by atoms with Gasteiger partial charge in [-0.15, -0.1) is 0 Å². The van der Waals surface area contributed by atoms with Crippen molar-refractivity contribution in [3.63, 3.8) is 0 Å². The quantitative estimate of drug-likeness (QED) is 0.746. The molecule has 0 bridgehead atoms. The van der Waals surface area contributed by atoms with Gasteiger partial charge in [-0.3, -0.25) is 9.69 Å². The van der Waals surface area contributed by atoms with Crippen LogP contribution in [0.3, 0.4) is 0 Å². The minimum Gasteiger partial charge on any atom is -0.338 e. The van der Waals surface area contributed by atoms with Crippen LogP contribution in [0.1, 0.15) is 27.2 Å². The summed E-state index contributed by atoms with van der Waals surface area (Å²) in [7, 11) is 0. The fraction of sp³-hybridized carbons (Fsp3) is 0.786. The van der Waals surface area contributed by atoms with Crippen molar-refractivity contribution < 1.29 is 4.79 Å². The van der Waals surface area contributed by atoms with Crippen LogP contribution in [0.25, 0.3) is 0 Å². The van der Waals surface area contributed by atoms with Crippen molar-refractivity contribution in [2.45, 2.75) is 33.2 Å². The number of nitrogens with zero attached hydrogens (tertiary/aromatic N) is 2. The molecule has 4 heteroatoms. The van der Waals surface area contributed by atoms with Crippen LogP contribution in [-0.4, -0.2) is 54.5 Å². The number of carbonyl (C=O) groups excluding carboxylic acids is 1. The maximum Gasteiger partial charge on any atom is 0.237 e. The van der Waals surface area contributed by atoms with E-state index in [1.165, 1.54) is 0 Å². The molecule has 0 spiro atoms. The van der Waals surface area contributed by atoms with Crippen LogP contribution in [0.4, 0.5) is 0 Å². The molecule has 4 nitrogen and oxygen atoms in total. The predicted octanol–water partition coefficient (Wildman–Crippen LogP) is 1.08. The number of hydrogen-bond donors (Lipinski definition) is 1. The second-order valence-corrected chi connectivity index (χ2v) is 5.66. The molecule has 0 aromatic heterocycles. The number of likely N-dealkylation sites (tertiary alicyclic amines) is 1. The number of nitrogens with two attached hydrogens (primary N) is 1. The minimum absolute atomic E-state index is 0.182. The molecule has 0 aromatic carbocycles. The van der Waals surface area contributed by atoms with Crippen molar-refractivity contribution in [2.75, 3.05) is 32.7 Å². The van der Waals surface area contributed by atoms with Gasteiger partial charge in [0.2, 0.25) is 5.91 Å². The molecule has 1 fully saturated rings. The van der Waals surface area contributed by atoms with Crippen LogP contribution in [0.2, 0.25) is 0 Å². The molecule has 1 saturated heterocycles. The average Bonchev–Trinajstić information content (AvgIpc) is 2.23. The lowest BCUT2D eigenvalue weighted by Crippen LogP contribution is -2.50. The van der Waals surface area contributed by atoms with Gasteiger partial charge in [0.1, 0.15) is 0 Å². The van der Waals surface area contributed by atoms with Crippen molar-refractivity contribution in [3.8, 4) is 0 Å². The second-order valence-electron chi connectivity index (χ2n) is 5.66. The molecule has 2 atom stereocenters. The van der Waals surface area contributed by atoms with E-state index in [-0.39, 0.29) is 11.9 Å². The third-order valence-corrected chi connectivity index (χ3v) is 3.32. The van der Waals surface area contributed by atoms with E-state index in [4.69, 9.17) is 5.73 Å². The van der Waals surface area contributed by atoms with E-state index < -0.39 is 0 Å². The predicted molar refractivity (Wildman–Crippen MR) is 75.3 cm³/mol. The third-order valence-electron chi connectivity index (χ3n) is 3.32. The summed E-state index contributed by atoms with van der Waals surface area (Å²) in [5.74, 6) is 0.763. The highest BCUT2D eigenvalue weighted by molar-refractivity contribution is 5.78. The van der Waals surface area contributed by atoms with E-state index in [9.17, 15) is 4.79 Å². The van der Waals surface area contributed by atoms with Gasteiger partial charge >= 0.3 is 0 Å². The first-order valence-corrected chi connectivity index (χ1v) is 6.82. The standard InChI is InChI=1S/C14H27N3O/c1-5-17(7-11(2)3)14(18)10-16-8-12(4)6-13(15)9-16/h12-13H,2,5-10,15H2,1,3-4H3. The molecule has 0 radical (unpaired) electrons. The van der Waals surface area contributed by atoms with E-state index >= 15 is 0 Å². The molecule has 104 valence electrons. The number of carbonyl (C=O) groups is 1. The first kappa shape index (κ1) is 15.2. The maximum atomic E-state index is 12.2. The van der Waals surface area contributed by atoms with E-state index in [1.807, 2.05) is 18.7 Å². The summed E-state index contributed by atoms with van der Waals surface area (Å²) in [6, 6.07) is 0.206. The van der Waals surface area contributed by atoms with Gasteiger partial charge in [0.15, 0.2) is 0 Å². The lowest BCUT2D eigenvalue weighted by molar-refractivity contribution is -0.132. The molecule has 0 aliphatic carbocycles. The van der Waals surface area contributed by atoms with Gasteiger partial charge in [0, 0.05) is 32.2 Å². The molecule has 2 N–H and O–H groups in total. The molecule has 18 heavy (non-hydrogen) atoms. The highest BCUT2D eigenvalue weighted by Crippen LogP contribution is 2.14. The number of amides is 1. The Labute approximate surface area is 111 Å². The maximum absolute atomic E-state index is 12.2. The summed E-state index contributed by atoms with van der Waals surface area (Å²) in [6.45, 7) is 13.7. The van der Waals surface area contributed by atoms with Gasteiger partial charge in [-0.2, -0.15) is 0 Å². The monoisotopic (exact) mass is 253 g/mol. The first-order valence-electron chi connectivity index (χ1n) is 6.82. The van der Waals surface area contributed by atoms with Crippen LogP contribution < -0.4 is 5.73 Å². The summed E-state index contributed by atoms with van der Waals surface area (Å²) in [5, 5.41) is 0. The molecule has 2 unspecified atom stereocenters. The Morgan fingerprint density at radius 3 is 2.67 bits per heavy atom. The molecular formula is C14H27N3O. The molecule has 1 aliphatic heterocycles. The average molecular weight is 253 g/mol. The number of likely N-dealkylation sites (N-methyl/N-ethyl adjacent to an activating group) is 1. The highest BCUT2D eigenvalue weighted by Gasteiger charge is 2.24. The summed E-state index contributed by atoms with van der Waals surface area (Å²) in [6.07, 6.45) is 1.06. The van der Waals surface area contributed by atoms with Gasteiger partial charge in [0.25, 0.3) is 0 Å². The Morgan fingerprint density at radius 2 is 2.17 bits per heavy atom. The molecule has 1 heterocycles. The third kappa shape index (κ3) is 4.78. The molecule has 1 aliphatic rings. The van der Waals surface area contributed by atoms with Crippen molar-refractivity contribution in [1.29, 1.82) is 0 Å². The fourth-order valence-corrected chi connectivity index (χ4v) is 2.64. The SMILES string of the molecule is C=C(C)CN(CC)C(=O)CN1CC(C)CC(N)C1. The number of hydrogen-bond acceptors (Lipinski definition) is 3. The number of rotatable bonds is 5. The Kier molecular flexibility index (Phi) is 5.82. The van der Waals surface area contributed by atoms with Gasteiger partial charge in [0.05, 0.1) is 6.54 Å². The number of piperidine rings is 1. The first-order chi connectivity index (χ1) is 8.42. The Bertz CT molecular complexity index is 293. The van der Waals surface area contributed by atoms with Crippen molar-refractivity contribution in [2.24, 2.45) is 11.7 Å². The van der Waals surface area contributed by atoms with Crippen LogP contribution in [-0.2, 0) is 4.79 Å². The van der Waals surface area contributed by atoms with E-state index in [1.54, 1.807) is 0 Å². The van der Waals surface area contributed by atoms with Crippen molar-refractivity contribution in [3.05, 3.63) is 12.2 Å². The summed E-state index contributed by atoms with van der Waals surface area (Å²) < 4.78 is 0. The minimum atomic E-state index is 0.182. The van der Waals surface area contributed by atoms with Gasteiger partial charge in [-0.05, 0) is 26.2 Å². The lowest BCUT2D eigenvalue weighted by atomic mass is 9.96.